The molecule has 0 aliphatic carbocycles. The van der Waals surface area contributed by atoms with Gasteiger partial charge in [0.25, 0.3) is 0 Å². The number of amides is 1. The van der Waals surface area contributed by atoms with Crippen LogP contribution < -0.4 is 11.1 Å². The number of hydrogen-bond donors (Lipinski definition) is 3. The Morgan fingerprint density at radius 1 is 1.14 bits per heavy atom. The van der Waals surface area contributed by atoms with E-state index in [0.717, 1.165) is 44.8 Å². The van der Waals surface area contributed by atoms with Crippen molar-refractivity contribution in [2.24, 2.45) is 5.73 Å². The molecule has 0 fully saturated rings. The van der Waals surface area contributed by atoms with Crippen molar-refractivity contribution in [3.63, 3.8) is 0 Å². The fourth-order valence-corrected chi connectivity index (χ4v) is 3.01. The molecule has 0 spiro atoms. The van der Waals surface area contributed by atoms with Gasteiger partial charge in [-0.2, -0.15) is 0 Å². The van der Waals surface area contributed by atoms with E-state index < -0.39 is 5.91 Å². The largest absolute Gasteiger partial charge is 0.373 e. The molecule has 0 atom stereocenters. The van der Waals surface area contributed by atoms with Crippen LogP contribution in [0.4, 0.5) is 5.82 Å². The molecular weight excluding hydrogens is 352 g/mol. The van der Waals surface area contributed by atoms with Crippen LogP contribution in [0.1, 0.15) is 5.56 Å². The molecule has 28 heavy (non-hydrogen) atoms. The van der Waals surface area contributed by atoms with Crippen molar-refractivity contribution < 1.29 is 4.79 Å². The molecule has 0 radical (unpaired) electrons. The number of hydrogen-bond acceptors (Lipinski definition) is 5. The lowest BCUT2D eigenvalue weighted by atomic mass is 10.0. The SMILES string of the molecule is CNc1cc(-c2c[nH]c3ncc(-c4cccc(C=CC(N)=O)c4)cc23)ncn1. The second-order valence-corrected chi connectivity index (χ2v) is 6.22. The van der Waals surface area contributed by atoms with Crippen LogP contribution in [0.25, 0.3) is 39.5 Å². The lowest BCUT2D eigenvalue weighted by Crippen LogP contribution is -2.05. The molecule has 4 N–H and O–H groups in total. The van der Waals surface area contributed by atoms with Gasteiger partial charge in [-0.05, 0) is 29.3 Å². The Bertz CT molecular complexity index is 1190. The van der Waals surface area contributed by atoms with Crippen LogP contribution in [0.15, 0.2) is 61.2 Å². The number of aromatic nitrogens is 4. The number of pyridine rings is 1. The summed E-state index contributed by atoms with van der Waals surface area (Å²) in [7, 11) is 1.82. The van der Waals surface area contributed by atoms with E-state index >= 15 is 0 Å². The Kier molecular flexibility index (Phi) is 4.55. The number of primary amides is 1. The van der Waals surface area contributed by atoms with Gasteiger partial charge in [0, 0.05) is 48.1 Å². The first-order valence-electron chi connectivity index (χ1n) is 8.69. The van der Waals surface area contributed by atoms with Crippen molar-refractivity contribution in [1.29, 1.82) is 0 Å². The molecule has 0 aliphatic heterocycles. The zero-order valence-corrected chi connectivity index (χ0v) is 15.2. The van der Waals surface area contributed by atoms with Crippen LogP contribution in [0.3, 0.4) is 0 Å². The van der Waals surface area contributed by atoms with E-state index in [9.17, 15) is 4.79 Å². The Morgan fingerprint density at radius 3 is 2.86 bits per heavy atom. The van der Waals surface area contributed by atoms with Gasteiger partial charge in [0.2, 0.25) is 5.91 Å². The molecule has 4 rings (SSSR count). The zero-order chi connectivity index (χ0) is 19.5. The first-order chi connectivity index (χ1) is 13.6. The fraction of sp³-hybridized carbons (Fsp3) is 0.0476. The van der Waals surface area contributed by atoms with E-state index in [1.807, 2.05) is 49.8 Å². The number of carbonyl (C=O) groups is 1. The molecule has 0 aliphatic rings. The molecule has 4 aromatic rings. The minimum atomic E-state index is -0.476. The van der Waals surface area contributed by atoms with E-state index in [1.54, 1.807) is 6.08 Å². The zero-order valence-electron chi connectivity index (χ0n) is 15.2. The molecule has 3 aromatic heterocycles. The summed E-state index contributed by atoms with van der Waals surface area (Å²) in [5.74, 6) is 0.272. The van der Waals surface area contributed by atoms with Crippen molar-refractivity contribution in [3.05, 3.63) is 66.8 Å². The highest BCUT2D eigenvalue weighted by Crippen LogP contribution is 2.30. The second kappa shape index (κ2) is 7.32. The molecule has 3 heterocycles. The lowest BCUT2D eigenvalue weighted by molar-refractivity contribution is -0.113. The summed E-state index contributed by atoms with van der Waals surface area (Å²) in [6.45, 7) is 0. The Labute approximate surface area is 161 Å². The minimum Gasteiger partial charge on any atom is -0.373 e. The third kappa shape index (κ3) is 3.45. The minimum absolute atomic E-state index is 0.476. The van der Waals surface area contributed by atoms with Crippen LogP contribution in [-0.2, 0) is 4.79 Å². The fourth-order valence-electron chi connectivity index (χ4n) is 3.01. The van der Waals surface area contributed by atoms with Gasteiger partial charge >= 0.3 is 0 Å². The average molecular weight is 370 g/mol. The quantitative estimate of drug-likeness (QED) is 0.467. The highest BCUT2D eigenvalue weighted by molar-refractivity contribution is 5.95. The molecule has 0 bridgehead atoms. The first-order valence-corrected chi connectivity index (χ1v) is 8.69. The lowest BCUT2D eigenvalue weighted by Gasteiger charge is -2.05. The number of fused-ring (bicyclic) bond motifs is 1. The van der Waals surface area contributed by atoms with Crippen molar-refractivity contribution in [2.75, 3.05) is 12.4 Å². The van der Waals surface area contributed by atoms with Crippen LogP contribution in [0.5, 0.6) is 0 Å². The second-order valence-electron chi connectivity index (χ2n) is 6.22. The number of H-pyrrole nitrogens is 1. The summed E-state index contributed by atoms with van der Waals surface area (Å²) in [5.41, 5.74) is 10.6. The average Bonchev–Trinajstić information content (AvgIpc) is 3.16. The predicted octanol–water partition coefficient (Wildman–Crippen LogP) is 3.23. The molecular formula is C21H18N6O. The number of benzene rings is 1. The molecule has 138 valence electrons. The van der Waals surface area contributed by atoms with Gasteiger partial charge in [-0.1, -0.05) is 18.2 Å². The van der Waals surface area contributed by atoms with Crippen LogP contribution >= 0.6 is 0 Å². The molecule has 0 saturated carbocycles. The van der Waals surface area contributed by atoms with Crippen LogP contribution in [0.2, 0.25) is 0 Å². The number of aromatic amines is 1. The summed E-state index contributed by atoms with van der Waals surface area (Å²) in [6.07, 6.45) is 8.29. The van der Waals surface area contributed by atoms with Gasteiger partial charge in [0.1, 0.15) is 17.8 Å². The van der Waals surface area contributed by atoms with Gasteiger partial charge in [-0.15, -0.1) is 0 Å². The van der Waals surface area contributed by atoms with Gasteiger partial charge in [0.15, 0.2) is 0 Å². The van der Waals surface area contributed by atoms with Gasteiger partial charge < -0.3 is 16.0 Å². The third-order valence-electron chi connectivity index (χ3n) is 4.39. The Balaban J connectivity index is 1.78. The molecule has 1 amide bonds. The monoisotopic (exact) mass is 370 g/mol. The molecule has 1 aromatic carbocycles. The van der Waals surface area contributed by atoms with E-state index in [4.69, 9.17) is 5.73 Å². The number of nitrogens with zero attached hydrogens (tertiary/aromatic N) is 3. The normalized spacial score (nSPS) is 11.2. The van der Waals surface area contributed by atoms with E-state index in [-0.39, 0.29) is 0 Å². The summed E-state index contributed by atoms with van der Waals surface area (Å²) >= 11 is 0. The maximum Gasteiger partial charge on any atom is 0.241 e. The molecule has 7 heteroatoms. The van der Waals surface area contributed by atoms with Crippen LogP contribution in [0, 0.1) is 0 Å². The highest BCUT2D eigenvalue weighted by atomic mass is 16.1. The maximum atomic E-state index is 11.0. The summed E-state index contributed by atoms with van der Waals surface area (Å²) in [6, 6.07) is 11.8. The van der Waals surface area contributed by atoms with Gasteiger partial charge in [-0.25, -0.2) is 15.0 Å². The summed E-state index contributed by atoms with van der Waals surface area (Å²) in [5, 5.41) is 3.99. The Hall–Kier alpha value is -4.00. The van der Waals surface area contributed by atoms with Gasteiger partial charge in [0.05, 0.1) is 5.69 Å². The van der Waals surface area contributed by atoms with Crippen LogP contribution in [-0.4, -0.2) is 32.9 Å². The van der Waals surface area contributed by atoms with E-state index in [0.29, 0.717) is 0 Å². The maximum absolute atomic E-state index is 11.0. The first kappa shape index (κ1) is 17.4. The number of nitrogens with one attached hydrogen (secondary N) is 2. The van der Waals surface area contributed by atoms with Crippen molar-refractivity contribution >= 4 is 28.8 Å². The number of carbonyl (C=O) groups excluding carboxylic acids is 1. The third-order valence-corrected chi connectivity index (χ3v) is 4.39. The van der Waals surface area contributed by atoms with E-state index in [1.165, 1.54) is 12.4 Å². The van der Waals surface area contributed by atoms with Gasteiger partial charge in [-0.3, -0.25) is 4.79 Å². The van der Waals surface area contributed by atoms with Crippen molar-refractivity contribution in [1.82, 2.24) is 19.9 Å². The van der Waals surface area contributed by atoms with Crippen molar-refractivity contribution in [3.8, 4) is 22.4 Å². The van der Waals surface area contributed by atoms with Crippen molar-refractivity contribution in [2.45, 2.75) is 0 Å². The molecule has 0 saturated heterocycles. The molecule has 0 unspecified atom stereocenters. The number of anilines is 1. The number of rotatable bonds is 5. The predicted molar refractivity (Wildman–Crippen MR) is 110 cm³/mol. The highest BCUT2D eigenvalue weighted by Gasteiger charge is 2.11. The number of nitrogens with two attached hydrogens (primary N) is 1. The van der Waals surface area contributed by atoms with E-state index in [2.05, 4.69) is 31.3 Å². The topological polar surface area (TPSA) is 110 Å². The smallest absolute Gasteiger partial charge is 0.241 e. The standard InChI is InChI=1S/C21H18N6O/c1-23-20-9-18(26-12-27-20)17-11-25-21-16(17)8-15(10-24-21)14-4-2-3-13(7-14)5-6-19(22)28/h2-12H,1H3,(H2,22,28)(H,24,25)(H,23,26,27). The molecule has 7 nitrogen and oxygen atoms in total. The summed E-state index contributed by atoms with van der Waals surface area (Å²) < 4.78 is 0. The Morgan fingerprint density at radius 2 is 2.04 bits per heavy atom. The summed E-state index contributed by atoms with van der Waals surface area (Å²) in [4.78, 5) is 27.3.